The van der Waals surface area contributed by atoms with Crippen molar-refractivity contribution in [1.82, 2.24) is 0 Å². The van der Waals surface area contributed by atoms with Crippen LogP contribution in [0.1, 0.15) is 18.4 Å². The molecule has 0 bridgehead atoms. The largest absolute Gasteiger partial charge is 0.480 e. The molecule has 0 aliphatic carbocycles. The van der Waals surface area contributed by atoms with Gasteiger partial charge in [0.05, 0.1) is 0 Å². The molecule has 1 aromatic rings. The van der Waals surface area contributed by atoms with Gasteiger partial charge in [0, 0.05) is 6.54 Å². The zero-order valence-electron chi connectivity index (χ0n) is 13.6. The molecule has 0 saturated carbocycles. The van der Waals surface area contributed by atoms with Gasteiger partial charge < -0.3 is 33.1 Å². The normalized spacial score (nSPS) is 12.3. The Balaban J connectivity index is 0.000000463. The Morgan fingerprint density at radius 2 is 1.72 bits per heavy atom. The minimum Gasteiger partial charge on any atom is -0.480 e. The van der Waals surface area contributed by atoms with E-state index in [0.717, 1.165) is 0 Å². The van der Waals surface area contributed by atoms with E-state index in [1.54, 1.807) is 6.07 Å². The Labute approximate surface area is 144 Å². The number of guanidine groups is 1. The second-order valence-corrected chi connectivity index (χ2v) is 5.17. The monoisotopic (exact) mass is 357 g/mol. The van der Waals surface area contributed by atoms with Gasteiger partial charge in [0.15, 0.2) is 5.96 Å². The van der Waals surface area contributed by atoms with Gasteiger partial charge in [-0.3, -0.25) is 14.6 Å². The summed E-state index contributed by atoms with van der Waals surface area (Å²) in [6.45, 7) is 0.420. The van der Waals surface area contributed by atoms with Crippen molar-refractivity contribution in [3.63, 3.8) is 0 Å². The minimum atomic E-state index is -1.08. The number of aliphatic imine (C=N–C) groups is 1. The highest BCUT2D eigenvalue weighted by Crippen LogP contribution is 2.05. The van der Waals surface area contributed by atoms with Gasteiger partial charge in [-0.2, -0.15) is 0 Å². The summed E-state index contributed by atoms with van der Waals surface area (Å²) in [7, 11) is 0. The molecule has 1 aromatic carbocycles. The first-order valence-electron chi connectivity index (χ1n) is 7.40. The smallest absolute Gasteiger partial charge is 0.320 e. The molecule has 0 spiro atoms. The number of carbonyl (C=O) groups is 2. The Bertz CT molecular complexity index is 593. The molecule has 0 heterocycles. The van der Waals surface area contributed by atoms with E-state index in [-0.39, 0.29) is 18.2 Å². The molecule has 1 rings (SSSR count). The first kappa shape index (κ1) is 22.3. The SMILES string of the molecule is NC(Cc1cccc(F)c1)C(=O)O.NC(N)=NCCC[C@H](N)C(=O)O. The summed E-state index contributed by atoms with van der Waals surface area (Å²) in [6.07, 6.45) is 1.10. The van der Waals surface area contributed by atoms with Crippen molar-refractivity contribution in [2.24, 2.45) is 27.9 Å². The van der Waals surface area contributed by atoms with Gasteiger partial charge >= 0.3 is 11.9 Å². The van der Waals surface area contributed by atoms with E-state index >= 15 is 0 Å². The highest BCUT2D eigenvalue weighted by atomic mass is 19.1. The molecule has 2 atom stereocenters. The second kappa shape index (κ2) is 11.8. The van der Waals surface area contributed by atoms with Crippen LogP contribution in [-0.4, -0.2) is 46.7 Å². The van der Waals surface area contributed by atoms with E-state index in [1.807, 2.05) is 0 Å². The van der Waals surface area contributed by atoms with E-state index in [9.17, 15) is 14.0 Å². The molecule has 0 radical (unpaired) electrons. The standard InChI is InChI=1S/C9H10FNO2.C6H14N4O2/c10-7-3-1-2-6(4-7)5-8(11)9(12)13;7-4(5(11)12)2-1-3-10-6(8)9/h1-4,8H,5,11H2,(H,12,13);4H,1-3,7H2,(H,11,12)(H4,8,9,10)/t;4-/m.0/s1. The average molecular weight is 357 g/mol. The number of hydrogen-bond donors (Lipinski definition) is 6. The first-order valence-corrected chi connectivity index (χ1v) is 7.40. The molecule has 0 saturated heterocycles. The lowest BCUT2D eigenvalue weighted by Crippen LogP contribution is -2.32. The summed E-state index contributed by atoms with van der Waals surface area (Å²) in [5, 5.41) is 16.9. The molecular weight excluding hydrogens is 333 g/mol. The van der Waals surface area contributed by atoms with E-state index in [4.69, 9.17) is 33.1 Å². The Kier molecular flexibility index (Phi) is 10.5. The Morgan fingerprint density at radius 3 is 2.20 bits per heavy atom. The predicted octanol–water partition coefficient (Wildman–Crippen LogP) is -0.768. The van der Waals surface area contributed by atoms with Crippen LogP contribution in [0.4, 0.5) is 4.39 Å². The van der Waals surface area contributed by atoms with Crippen molar-refractivity contribution in [1.29, 1.82) is 0 Å². The van der Waals surface area contributed by atoms with Crippen molar-refractivity contribution in [2.75, 3.05) is 6.54 Å². The van der Waals surface area contributed by atoms with E-state index in [1.165, 1.54) is 18.2 Å². The van der Waals surface area contributed by atoms with Crippen LogP contribution < -0.4 is 22.9 Å². The van der Waals surface area contributed by atoms with Gasteiger partial charge in [-0.1, -0.05) is 12.1 Å². The topological polar surface area (TPSA) is 191 Å². The molecule has 9 nitrogen and oxygen atoms in total. The lowest BCUT2D eigenvalue weighted by Gasteiger charge is -2.05. The zero-order valence-corrected chi connectivity index (χ0v) is 13.6. The lowest BCUT2D eigenvalue weighted by molar-refractivity contribution is -0.139. The minimum absolute atomic E-state index is 0.0129. The summed E-state index contributed by atoms with van der Waals surface area (Å²) in [4.78, 5) is 24.3. The third-order valence-electron chi connectivity index (χ3n) is 2.95. The number of nitrogens with zero attached hydrogens (tertiary/aromatic N) is 1. The first-order chi connectivity index (χ1) is 11.6. The van der Waals surface area contributed by atoms with Crippen LogP contribution in [0.25, 0.3) is 0 Å². The number of aliphatic carboxylic acids is 2. The molecule has 0 fully saturated rings. The van der Waals surface area contributed by atoms with Gasteiger partial charge in [-0.25, -0.2) is 4.39 Å². The fourth-order valence-corrected chi connectivity index (χ4v) is 1.65. The van der Waals surface area contributed by atoms with Crippen molar-refractivity contribution in [3.8, 4) is 0 Å². The van der Waals surface area contributed by atoms with Crippen LogP contribution in [0.5, 0.6) is 0 Å². The van der Waals surface area contributed by atoms with Gasteiger partial charge in [0.25, 0.3) is 0 Å². The van der Waals surface area contributed by atoms with Crippen LogP contribution in [0.2, 0.25) is 0 Å². The van der Waals surface area contributed by atoms with Crippen LogP contribution >= 0.6 is 0 Å². The third kappa shape index (κ3) is 11.5. The zero-order chi connectivity index (χ0) is 19.4. The molecule has 0 aliphatic heterocycles. The molecule has 140 valence electrons. The highest BCUT2D eigenvalue weighted by molar-refractivity contribution is 5.75. The summed E-state index contributed by atoms with van der Waals surface area (Å²) in [5.41, 5.74) is 21.2. The summed E-state index contributed by atoms with van der Waals surface area (Å²) in [6, 6.07) is 3.96. The Hall–Kier alpha value is -2.72. The molecule has 0 aromatic heterocycles. The number of carboxylic acid groups (broad SMARTS) is 2. The van der Waals surface area contributed by atoms with Crippen LogP contribution in [-0.2, 0) is 16.0 Å². The highest BCUT2D eigenvalue weighted by Gasteiger charge is 2.12. The average Bonchev–Trinajstić information content (AvgIpc) is 2.51. The fraction of sp³-hybridized carbons (Fsp3) is 0.400. The van der Waals surface area contributed by atoms with Crippen LogP contribution in [0, 0.1) is 5.82 Å². The van der Waals surface area contributed by atoms with Crippen molar-refractivity contribution >= 4 is 17.9 Å². The molecule has 1 unspecified atom stereocenters. The fourth-order valence-electron chi connectivity index (χ4n) is 1.65. The number of benzene rings is 1. The molecule has 10 heteroatoms. The number of hydrogen-bond acceptors (Lipinski definition) is 5. The molecule has 0 amide bonds. The quantitative estimate of drug-likeness (QED) is 0.198. The van der Waals surface area contributed by atoms with Crippen molar-refractivity contribution < 1.29 is 24.2 Å². The predicted molar refractivity (Wildman–Crippen MR) is 91.2 cm³/mol. The maximum absolute atomic E-state index is 12.6. The molecule has 10 N–H and O–H groups in total. The van der Waals surface area contributed by atoms with E-state index < -0.39 is 24.0 Å². The van der Waals surface area contributed by atoms with Crippen LogP contribution in [0.15, 0.2) is 29.3 Å². The number of rotatable bonds is 8. The summed E-state index contributed by atoms with van der Waals surface area (Å²) in [5.74, 6) is -2.45. The summed E-state index contributed by atoms with van der Waals surface area (Å²) < 4.78 is 12.6. The van der Waals surface area contributed by atoms with Gasteiger partial charge in [-0.15, -0.1) is 0 Å². The molecule has 25 heavy (non-hydrogen) atoms. The third-order valence-corrected chi connectivity index (χ3v) is 2.95. The lowest BCUT2D eigenvalue weighted by atomic mass is 10.1. The van der Waals surface area contributed by atoms with E-state index in [2.05, 4.69) is 4.99 Å². The second-order valence-electron chi connectivity index (χ2n) is 5.17. The van der Waals surface area contributed by atoms with Gasteiger partial charge in [0.1, 0.15) is 17.9 Å². The number of nitrogens with two attached hydrogens (primary N) is 4. The van der Waals surface area contributed by atoms with Crippen molar-refractivity contribution in [2.45, 2.75) is 31.3 Å². The van der Waals surface area contributed by atoms with Gasteiger partial charge in [-0.05, 0) is 37.0 Å². The van der Waals surface area contributed by atoms with Crippen molar-refractivity contribution in [3.05, 3.63) is 35.6 Å². The maximum atomic E-state index is 12.6. The van der Waals surface area contributed by atoms with E-state index in [0.29, 0.717) is 24.9 Å². The van der Waals surface area contributed by atoms with Crippen LogP contribution in [0.3, 0.4) is 0 Å². The molecular formula is C15H24FN5O4. The van der Waals surface area contributed by atoms with Gasteiger partial charge in [0.2, 0.25) is 0 Å². The number of halogens is 1. The summed E-state index contributed by atoms with van der Waals surface area (Å²) >= 11 is 0. The Morgan fingerprint density at radius 1 is 1.12 bits per heavy atom. The number of carboxylic acids is 2. The maximum Gasteiger partial charge on any atom is 0.320 e. The molecule has 0 aliphatic rings.